The summed E-state index contributed by atoms with van der Waals surface area (Å²) in [5.74, 6) is 0.961. The van der Waals surface area contributed by atoms with Crippen LogP contribution in [0, 0.1) is 5.41 Å². The van der Waals surface area contributed by atoms with E-state index in [4.69, 9.17) is 0 Å². The van der Waals surface area contributed by atoms with Crippen LogP contribution in [0.4, 0.5) is 0 Å². The summed E-state index contributed by atoms with van der Waals surface area (Å²) in [6.07, 6.45) is 6.12. The molecule has 1 heterocycles. The maximum atomic E-state index is 4.45. The number of likely N-dealkylation sites (tertiary alicyclic amines) is 1. The molecule has 1 aromatic rings. The van der Waals surface area contributed by atoms with Gasteiger partial charge in [0.2, 0.25) is 0 Å². The smallest absolute Gasteiger partial charge is 0.191 e. The number of halogens is 1. The Balaban J connectivity index is 0.00000261. The summed E-state index contributed by atoms with van der Waals surface area (Å²) in [7, 11) is 1.88. The summed E-state index contributed by atoms with van der Waals surface area (Å²) >= 11 is 0. The van der Waals surface area contributed by atoms with Gasteiger partial charge in [-0.1, -0.05) is 42.5 Å². The van der Waals surface area contributed by atoms with E-state index in [1.807, 2.05) is 7.05 Å². The maximum absolute atomic E-state index is 4.45. The van der Waals surface area contributed by atoms with Crippen molar-refractivity contribution in [3.63, 3.8) is 0 Å². The van der Waals surface area contributed by atoms with Crippen molar-refractivity contribution in [1.82, 2.24) is 15.5 Å². The highest BCUT2D eigenvalue weighted by Crippen LogP contribution is 2.47. The van der Waals surface area contributed by atoms with Gasteiger partial charge in [0.1, 0.15) is 0 Å². The molecule has 0 spiro atoms. The average Bonchev–Trinajstić information content (AvgIpc) is 3.40. The van der Waals surface area contributed by atoms with Crippen LogP contribution in [-0.2, 0) is 6.42 Å². The van der Waals surface area contributed by atoms with Crippen LogP contribution in [0.1, 0.15) is 38.2 Å². The van der Waals surface area contributed by atoms with Gasteiger partial charge in [0.25, 0.3) is 0 Å². The van der Waals surface area contributed by atoms with E-state index in [9.17, 15) is 0 Å². The van der Waals surface area contributed by atoms with Gasteiger partial charge in [-0.2, -0.15) is 0 Å². The molecule has 2 fully saturated rings. The van der Waals surface area contributed by atoms with Crippen molar-refractivity contribution in [3.05, 3.63) is 48.0 Å². The van der Waals surface area contributed by atoms with Crippen LogP contribution in [-0.4, -0.2) is 50.1 Å². The second kappa shape index (κ2) is 10.5. The van der Waals surface area contributed by atoms with E-state index >= 15 is 0 Å². The molecule has 0 atom stereocenters. The second-order valence-electron chi connectivity index (χ2n) is 8.24. The zero-order valence-electron chi connectivity index (χ0n) is 16.8. The Morgan fingerprint density at radius 2 is 1.89 bits per heavy atom. The number of hydrogen-bond donors (Lipinski definition) is 2. The third-order valence-electron chi connectivity index (χ3n) is 5.66. The summed E-state index contributed by atoms with van der Waals surface area (Å²) in [6.45, 7) is 10.5. The monoisotopic (exact) mass is 482 g/mol. The largest absolute Gasteiger partial charge is 0.356 e. The standard InChI is InChI=1S/C22H34N4.HI/c1-18(2)16-26-13-9-20(10-14-26)25-21(23-3)24-17-22(11-12-22)15-19-7-5-4-6-8-19;/h4-8,20H,1,9-17H2,2-3H3,(H2,23,24,25);1H. The first-order chi connectivity index (χ1) is 12.6. The molecule has 1 aliphatic carbocycles. The van der Waals surface area contributed by atoms with E-state index in [-0.39, 0.29) is 24.0 Å². The van der Waals surface area contributed by atoms with E-state index in [0.29, 0.717) is 11.5 Å². The summed E-state index contributed by atoms with van der Waals surface area (Å²) < 4.78 is 0. The minimum absolute atomic E-state index is 0. The van der Waals surface area contributed by atoms with Gasteiger partial charge in [-0.3, -0.25) is 9.89 Å². The van der Waals surface area contributed by atoms with E-state index < -0.39 is 0 Å². The zero-order chi connectivity index (χ0) is 18.4. The molecular weight excluding hydrogens is 447 g/mol. The fourth-order valence-electron chi connectivity index (χ4n) is 3.90. The Bertz CT molecular complexity index is 616. The highest BCUT2D eigenvalue weighted by atomic mass is 127. The van der Waals surface area contributed by atoms with Gasteiger partial charge in [-0.25, -0.2) is 0 Å². The number of nitrogens with one attached hydrogen (secondary N) is 2. The molecular formula is C22H35IN4. The molecule has 2 aliphatic rings. The lowest BCUT2D eigenvalue weighted by Gasteiger charge is -2.33. The molecule has 2 N–H and O–H groups in total. The highest BCUT2D eigenvalue weighted by Gasteiger charge is 2.42. The van der Waals surface area contributed by atoms with E-state index in [1.54, 1.807) is 0 Å². The molecule has 27 heavy (non-hydrogen) atoms. The Hall–Kier alpha value is -1.08. The summed E-state index contributed by atoms with van der Waals surface area (Å²) in [5, 5.41) is 7.23. The van der Waals surface area contributed by atoms with Crippen LogP contribution < -0.4 is 10.6 Å². The molecule has 1 saturated heterocycles. The minimum Gasteiger partial charge on any atom is -0.356 e. The number of hydrogen-bond acceptors (Lipinski definition) is 2. The molecule has 0 unspecified atom stereocenters. The maximum Gasteiger partial charge on any atom is 0.191 e. The van der Waals surface area contributed by atoms with Gasteiger partial charge in [-0.05, 0) is 50.0 Å². The second-order valence-corrected chi connectivity index (χ2v) is 8.24. The van der Waals surface area contributed by atoms with Crippen molar-refractivity contribution in [2.75, 3.05) is 33.2 Å². The molecule has 150 valence electrons. The molecule has 0 bridgehead atoms. The van der Waals surface area contributed by atoms with Crippen LogP contribution in [0.5, 0.6) is 0 Å². The van der Waals surface area contributed by atoms with E-state index in [2.05, 4.69) is 64.4 Å². The van der Waals surface area contributed by atoms with Gasteiger partial charge < -0.3 is 10.6 Å². The molecule has 0 aromatic heterocycles. The van der Waals surface area contributed by atoms with Crippen molar-refractivity contribution in [2.24, 2.45) is 10.4 Å². The van der Waals surface area contributed by atoms with Gasteiger partial charge in [0.15, 0.2) is 5.96 Å². The quantitative estimate of drug-likeness (QED) is 0.269. The fraction of sp³-hybridized carbons (Fsp3) is 0.591. The lowest BCUT2D eigenvalue weighted by Crippen LogP contribution is -2.49. The molecule has 5 heteroatoms. The number of nitrogens with zero attached hydrogens (tertiary/aromatic N) is 2. The average molecular weight is 482 g/mol. The molecule has 1 saturated carbocycles. The molecule has 0 radical (unpaired) electrons. The Labute approximate surface area is 181 Å². The van der Waals surface area contributed by atoms with Gasteiger partial charge in [0, 0.05) is 39.3 Å². The van der Waals surface area contributed by atoms with Crippen LogP contribution in [0.3, 0.4) is 0 Å². The zero-order valence-corrected chi connectivity index (χ0v) is 19.2. The first-order valence-corrected chi connectivity index (χ1v) is 9.96. The van der Waals surface area contributed by atoms with Crippen LogP contribution in [0.2, 0.25) is 0 Å². The predicted octanol–water partition coefficient (Wildman–Crippen LogP) is 3.83. The molecule has 1 aliphatic heterocycles. The molecule has 4 nitrogen and oxygen atoms in total. The summed E-state index contributed by atoms with van der Waals surface area (Å²) in [4.78, 5) is 6.95. The van der Waals surface area contributed by atoms with Gasteiger partial charge >= 0.3 is 0 Å². The third-order valence-corrected chi connectivity index (χ3v) is 5.66. The number of aliphatic imine (C=N–C) groups is 1. The summed E-state index contributed by atoms with van der Waals surface area (Å²) in [6, 6.07) is 11.4. The van der Waals surface area contributed by atoms with Gasteiger partial charge in [-0.15, -0.1) is 24.0 Å². The first kappa shape index (κ1) is 22.2. The molecule has 1 aromatic carbocycles. The predicted molar refractivity (Wildman–Crippen MR) is 126 cm³/mol. The van der Waals surface area contributed by atoms with Crippen molar-refractivity contribution >= 4 is 29.9 Å². The normalized spacial score (nSPS) is 19.9. The van der Waals surface area contributed by atoms with Crippen LogP contribution in [0.15, 0.2) is 47.5 Å². The number of rotatable bonds is 7. The topological polar surface area (TPSA) is 39.7 Å². The highest BCUT2D eigenvalue weighted by molar-refractivity contribution is 14.0. The van der Waals surface area contributed by atoms with Crippen LogP contribution >= 0.6 is 24.0 Å². The van der Waals surface area contributed by atoms with E-state index in [1.165, 1.54) is 36.8 Å². The van der Waals surface area contributed by atoms with Crippen LogP contribution in [0.25, 0.3) is 0 Å². The Kier molecular flexibility index (Phi) is 8.61. The Morgan fingerprint density at radius 1 is 1.22 bits per heavy atom. The van der Waals surface area contributed by atoms with Gasteiger partial charge in [0.05, 0.1) is 0 Å². The SMILES string of the molecule is C=C(C)CN1CCC(NC(=NC)NCC2(Cc3ccccc3)CC2)CC1.I. The third kappa shape index (κ3) is 7.11. The molecule has 0 amide bonds. The fourth-order valence-corrected chi connectivity index (χ4v) is 3.90. The lowest BCUT2D eigenvalue weighted by molar-refractivity contribution is 0.221. The van der Waals surface area contributed by atoms with Crippen molar-refractivity contribution in [2.45, 2.75) is 45.1 Å². The van der Waals surface area contributed by atoms with Crippen molar-refractivity contribution in [1.29, 1.82) is 0 Å². The number of guanidine groups is 1. The van der Waals surface area contributed by atoms with E-state index in [0.717, 1.165) is 38.6 Å². The number of benzene rings is 1. The minimum atomic E-state index is 0. The lowest BCUT2D eigenvalue weighted by atomic mass is 9.96. The Morgan fingerprint density at radius 3 is 2.44 bits per heavy atom. The summed E-state index contributed by atoms with van der Waals surface area (Å²) in [5.41, 5.74) is 3.12. The number of piperidine rings is 1. The van der Waals surface area contributed by atoms with Crippen molar-refractivity contribution < 1.29 is 0 Å². The van der Waals surface area contributed by atoms with Crippen molar-refractivity contribution in [3.8, 4) is 0 Å². The first-order valence-electron chi connectivity index (χ1n) is 9.96. The molecule has 3 rings (SSSR count).